The molecular formula is C14H22ClNO3. The van der Waals surface area contributed by atoms with Crippen LogP contribution in [0.3, 0.4) is 0 Å². The molecule has 5 heteroatoms. The maximum Gasteiger partial charge on any atom is 0.0701 e. The fraction of sp³-hybridized carbons (Fsp3) is 0.571. The topological polar surface area (TPSA) is 39.7 Å². The molecule has 19 heavy (non-hydrogen) atoms. The van der Waals surface area contributed by atoms with Gasteiger partial charge in [0.15, 0.2) is 0 Å². The Labute approximate surface area is 120 Å². The molecule has 0 heterocycles. The zero-order chi connectivity index (χ0) is 13.8. The maximum absolute atomic E-state index is 5.90. The zero-order valence-corrected chi connectivity index (χ0v) is 12.1. The van der Waals surface area contributed by atoms with Gasteiger partial charge in [0.2, 0.25) is 0 Å². The fourth-order valence-corrected chi connectivity index (χ4v) is 1.70. The molecule has 0 saturated heterocycles. The highest BCUT2D eigenvalue weighted by Gasteiger charge is 1.94. The maximum atomic E-state index is 5.90. The van der Waals surface area contributed by atoms with Crippen molar-refractivity contribution in [3.05, 3.63) is 34.9 Å². The van der Waals surface area contributed by atoms with Gasteiger partial charge in [0.1, 0.15) is 0 Å². The van der Waals surface area contributed by atoms with E-state index in [9.17, 15) is 0 Å². The van der Waals surface area contributed by atoms with Crippen molar-refractivity contribution in [2.24, 2.45) is 0 Å². The van der Waals surface area contributed by atoms with Gasteiger partial charge in [-0.1, -0.05) is 23.7 Å². The van der Waals surface area contributed by atoms with Crippen molar-refractivity contribution in [2.45, 2.75) is 6.54 Å². The van der Waals surface area contributed by atoms with E-state index in [0.29, 0.717) is 33.0 Å². The Morgan fingerprint density at radius 3 is 2.53 bits per heavy atom. The molecule has 0 fully saturated rings. The number of methoxy groups -OCH3 is 1. The van der Waals surface area contributed by atoms with Crippen LogP contribution in [0.2, 0.25) is 5.02 Å². The number of benzene rings is 1. The summed E-state index contributed by atoms with van der Waals surface area (Å²) in [4.78, 5) is 0. The van der Waals surface area contributed by atoms with E-state index in [1.807, 2.05) is 24.3 Å². The van der Waals surface area contributed by atoms with Crippen LogP contribution >= 0.6 is 11.6 Å². The van der Waals surface area contributed by atoms with Crippen LogP contribution < -0.4 is 5.32 Å². The molecule has 0 bridgehead atoms. The molecule has 1 N–H and O–H groups in total. The second kappa shape index (κ2) is 11.2. The molecule has 0 amide bonds. The van der Waals surface area contributed by atoms with Gasteiger partial charge < -0.3 is 19.5 Å². The van der Waals surface area contributed by atoms with Gasteiger partial charge in [0.05, 0.1) is 33.0 Å². The van der Waals surface area contributed by atoms with Crippen LogP contribution in [0.15, 0.2) is 24.3 Å². The molecule has 1 aromatic carbocycles. The van der Waals surface area contributed by atoms with E-state index in [1.54, 1.807) is 7.11 Å². The molecule has 0 aliphatic heterocycles. The van der Waals surface area contributed by atoms with Gasteiger partial charge in [-0.25, -0.2) is 0 Å². The molecule has 0 saturated carbocycles. The van der Waals surface area contributed by atoms with Crippen LogP contribution in [0, 0.1) is 0 Å². The minimum Gasteiger partial charge on any atom is -0.382 e. The summed E-state index contributed by atoms with van der Waals surface area (Å²) in [5.74, 6) is 0. The number of ether oxygens (including phenoxy) is 3. The molecule has 0 spiro atoms. The van der Waals surface area contributed by atoms with E-state index < -0.39 is 0 Å². The Bertz CT molecular complexity index is 336. The van der Waals surface area contributed by atoms with Crippen molar-refractivity contribution in [1.82, 2.24) is 5.32 Å². The van der Waals surface area contributed by atoms with Crippen molar-refractivity contribution < 1.29 is 14.2 Å². The van der Waals surface area contributed by atoms with Crippen molar-refractivity contribution in [3.8, 4) is 0 Å². The summed E-state index contributed by atoms with van der Waals surface area (Å²) in [5, 5.41) is 4.06. The average Bonchev–Trinajstić information content (AvgIpc) is 2.41. The van der Waals surface area contributed by atoms with E-state index in [-0.39, 0.29) is 0 Å². The Kier molecular flexibility index (Phi) is 9.67. The Balaban J connectivity index is 1.89. The third-order valence-electron chi connectivity index (χ3n) is 2.45. The zero-order valence-electron chi connectivity index (χ0n) is 11.4. The lowest BCUT2D eigenvalue weighted by Gasteiger charge is -2.07. The second-order valence-corrected chi connectivity index (χ2v) is 4.46. The van der Waals surface area contributed by atoms with Crippen LogP contribution in [0.25, 0.3) is 0 Å². The lowest BCUT2D eigenvalue weighted by Crippen LogP contribution is -2.20. The molecule has 1 rings (SSSR count). The molecular weight excluding hydrogens is 266 g/mol. The van der Waals surface area contributed by atoms with Gasteiger partial charge >= 0.3 is 0 Å². The van der Waals surface area contributed by atoms with Crippen LogP contribution in [0.4, 0.5) is 0 Å². The SMILES string of the molecule is COCCOCCOCCNCc1cccc(Cl)c1. The van der Waals surface area contributed by atoms with Gasteiger partial charge in [-0.15, -0.1) is 0 Å². The van der Waals surface area contributed by atoms with Gasteiger partial charge in [-0.05, 0) is 17.7 Å². The molecule has 0 aliphatic carbocycles. The summed E-state index contributed by atoms with van der Waals surface area (Å²) in [6, 6.07) is 7.83. The van der Waals surface area contributed by atoms with Gasteiger partial charge in [0, 0.05) is 25.2 Å². The van der Waals surface area contributed by atoms with E-state index >= 15 is 0 Å². The first kappa shape index (κ1) is 16.4. The highest BCUT2D eigenvalue weighted by molar-refractivity contribution is 6.30. The summed E-state index contributed by atoms with van der Waals surface area (Å²) < 4.78 is 15.6. The summed E-state index contributed by atoms with van der Waals surface area (Å²) in [5.41, 5.74) is 1.18. The number of rotatable bonds is 11. The number of halogens is 1. The lowest BCUT2D eigenvalue weighted by molar-refractivity contribution is 0.0255. The molecule has 0 unspecified atom stereocenters. The minimum atomic E-state index is 0.609. The first-order valence-electron chi connectivity index (χ1n) is 6.42. The van der Waals surface area contributed by atoms with Gasteiger partial charge in [-0.3, -0.25) is 0 Å². The van der Waals surface area contributed by atoms with Gasteiger partial charge in [-0.2, -0.15) is 0 Å². The molecule has 1 aromatic rings. The van der Waals surface area contributed by atoms with Crippen LogP contribution in [-0.2, 0) is 20.8 Å². The van der Waals surface area contributed by atoms with Crippen molar-refractivity contribution >= 4 is 11.6 Å². The first-order valence-corrected chi connectivity index (χ1v) is 6.80. The smallest absolute Gasteiger partial charge is 0.0701 e. The normalized spacial score (nSPS) is 10.8. The summed E-state index contributed by atoms with van der Waals surface area (Å²) >= 11 is 5.90. The average molecular weight is 288 g/mol. The van der Waals surface area contributed by atoms with Crippen molar-refractivity contribution in [3.63, 3.8) is 0 Å². The molecule has 4 nitrogen and oxygen atoms in total. The quantitative estimate of drug-likeness (QED) is 0.633. The molecule has 0 aromatic heterocycles. The fourth-order valence-electron chi connectivity index (χ4n) is 1.49. The number of nitrogens with one attached hydrogen (secondary N) is 1. The predicted molar refractivity (Wildman–Crippen MR) is 76.7 cm³/mol. The molecule has 0 aliphatic rings. The standard InChI is InChI=1S/C14H22ClNO3/c1-17-7-8-19-10-9-18-6-5-16-12-13-3-2-4-14(15)11-13/h2-4,11,16H,5-10,12H2,1H3. The van der Waals surface area contributed by atoms with Crippen LogP contribution in [0.5, 0.6) is 0 Å². The molecule has 108 valence electrons. The summed E-state index contributed by atoms with van der Waals surface area (Å²) in [6.45, 7) is 4.75. The minimum absolute atomic E-state index is 0.609. The molecule has 0 radical (unpaired) electrons. The van der Waals surface area contributed by atoms with E-state index in [2.05, 4.69) is 5.32 Å². The van der Waals surface area contributed by atoms with Crippen LogP contribution in [-0.4, -0.2) is 46.7 Å². The third kappa shape index (κ3) is 8.97. The Morgan fingerprint density at radius 2 is 1.79 bits per heavy atom. The number of hydrogen-bond donors (Lipinski definition) is 1. The first-order chi connectivity index (χ1) is 9.33. The summed E-state index contributed by atoms with van der Waals surface area (Å²) in [7, 11) is 1.66. The van der Waals surface area contributed by atoms with E-state index in [0.717, 1.165) is 18.1 Å². The van der Waals surface area contributed by atoms with E-state index in [1.165, 1.54) is 5.56 Å². The lowest BCUT2D eigenvalue weighted by atomic mass is 10.2. The Hall–Kier alpha value is -0.650. The molecule has 0 atom stereocenters. The summed E-state index contributed by atoms with van der Waals surface area (Å²) in [6.07, 6.45) is 0. The predicted octanol–water partition coefficient (Wildman–Crippen LogP) is 2.11. The van der Waals surface area contributed by atoms with Crippen LogP contribution in [0.1, 0.15) is 5.56 Å². The van der Waals surface area contributed by atoms with E-state index in [4.69, 9.17) is 25.8 Å². The highest BCUT2D eigenvalue weighted by Crippen LogP contribution is 2.09. The van der Waals surface area contributed by atoms with Crippen molar-refractivity contribution in [2.75, 3.05) is 46.7 Å². The Morgan fingerprint density at radius 1 is 1.05 bits per heavy atom. The third-order valence-corrected chi connectivity index (χ3v) is 2.68. The number of hydrogen-bond acceptors (Lipinski definition) is 4. The monoisotopic (exact) mass is 287 g/mol. The largest absolute Gasteiger partial charge is 0.382 e. The second-order valence-electron chi connectivity index (χ2n) is 4.02. The van der Waals surface area contributed by atoms with Gasteiger partial charge in [0.25, 0.3) is 0 Å². The van der Waals surface area contributed by atoms with Crippen molar-refractivity contribution in [1.29, 1.82) is 0 Å². The highest BCUT2D eigenvalue weighted by atomic mass is 35.5.